The third kappa shape index (κ3) is 4.83. The average Bonchev–Trinajstić information content (AvgIpc) is 2.90. The molecule has 154 valence electrons. The lowest BCUT2D eigenvalue weighted by Crippen LogP contribution is -2.54. The van der Waals surface area contributed by atoms with E-state index in [1.54, 1.807) is 11.8 Å². The second-order valence-electron chi connectivity index (χ2n) is 8.92. The summed E-state index contributed by atoms with van der Waals surface area (Å²) in [4.78, 5) is 30.6. The number of hydrogen-bond acceptors (Lipinski definition) is 4. The smallest absolute Gasteiger partial charge is 0.410 e. The lowest BCUT2D eigenvalue weighted by Gasteiger charge is -2.42. The topological polar surface area (TPSA) is 49.9 Å². The summed E-state index contributed by atoms with van der Waals surface area (Å²) in [7, 11) is 1.91. The minimum atomic E-state index is -0.482. The molecule has 28 heavy (non-hydrogen) atoms. The number of ether oxygens (including phenoxy) is 1. The van der Waals surface area contributed by atoms with E-state index in [1.807, 2.05) is 74.9 Å². The minimum Gasteiger partial charge on any atom is -0.444 e. The predicted molar refractivity (Wildman–Crippen MR) is 112 cm³/mol. The molecule has 0 aliphatic carbocycles. The van der Waals surface area contributed by atoms with E-state index < -0.39 is 5.60 Å². The monoisotopic (exact) mass is 404 g/mol. The van der Waals surface area contributed by atoms with Gasteiger partial charge < -0.3 is 14.5 Å². The number of carbonyl (C=O) groups excluding carboxylic acids is 2. The number of benzene rings is 1. The van der Waals surface area contributed by atoms with Crippen molar-refractivity contribution < 1.29 is 14.3 Å². The van der Waals surface area contributed by atoms with Gasteiger partial charge in [0.1, 0.15) is 5.60 Å². The fraction of sp³-hybridized carbons (Fsp3) is 0.636. The minimum absolute atomic E-state index is 0.131. The van der Waals surface area contributed by atoms with Gasteiger partial charge in [0.05, 0.1) is 5.25 Å². The Morgan fingerprint density at radius 3 is 2.25 bits per heavy atom. The van der Waals surface area contributed by atoms with Crippen LogP contribution < -0.4 is 0 Å². The molecule has 2 aliphatic rings. The molecule has 1 aromatic carbocycles. The molecular formula is C22H32N2O3S. The highest BCUT2D eigenvalue weighted by atomic mass is 32.2. The largest absolute Gasteiger partial charge is 0.444 e. The standard InChI is InChI=1S/C22H32N2O3S/c1-15(28-19-9-7-6-8-10-19)20(25)23(5)18-13-16-11-12-17(14-18)24(16)21(26)27-22(2,3)4/h6-10,15-18H,11-14H2,1-5H3/t15-,16-,17+,18?/m0/s1. The highest BCUT2D eigenvalue weighted by Gasteiger charge is 2.46. The maximum Gasteiger partial charge on any atom is 0.410 e. The van der Waals surface area contributed by atoms with Crippen molar-refractivity contribution in [1.82, 2.24) is 9.80 Å². The van der Waals surface area contributed by atoms with Crippen molar-refractivity contribution in [3.63, 3.8) is 0 Å². The summed E-state index contributed by atoms with van der Waals surface area (Å²) in [6, 6.07) is 10.6. The number of rotatable bonds is 4. The van der Waals surface area contributed by atoms with Gasteiger partial charge in [0.15, 0.2) is 0 Å². The van der Waals surface area contributed by atoms with Crippen LogP contribution in [0.1, 0.15) is 53.4 Å². The fourth-order valence-electron chi connectivity index (χ4n) is 4.30. The third-order valence-electron chi connectivity index (χ3n) is 5.61. The van der Waals surface area contributed by atoms with Crippen LogP contribution in [0.15, 0.2) is 35.2 Å². The summed E-state index contributed by atoms with van der Waals surface area (Å²) in [5.74, 6) is 0.156. The summed E-state index contributed by atoms with van der Waals surface area (Å²) in [6.45, 7) is 7.67. The third-order valence-corrected chi connectivity index (χ3v) is 6.71. The van der Waals surface area contributed by atoms with Gasteiger partial charge in [-0.15, -0.1) is 11.8 Å². The Hall–Kier alpha value is -1.69. The summed E-state index contributed by atoms with van der Waals surface area (Å²) < 4.78 is 5.61. The summed E-state index contributed by atoms with van der Waals surface area (Å²) in [6.07, 6.45) is 3.45. The Morgan fingerprint density at radius 2 is 1.71 bits per heavy atom. The van der Waals surface area contributed by atoms with E-state index in [1.165, 1.54) is 0 Å². The van der Waals surface area contributed by atoms with Gasteiger partial charge in [0, 0.05) is 30.1 Å². The first-order valence-electron chi connectivity index (χ1n) is 10.2. The van der Waals surface area contributed by atoms with E-state index in [4.69, 9.17) is 4.74 Å². The number of thioether (sulfide) groups is 1. The first-order chi connectivity index (χ1) is 13.2. The van der Waals surface area contributed by atoms with Gasteiger partial charge in [0.2, 0.25) is 5.91 Å². The highest BCUT2D eigenvalue weighted by Crippen LogP contribution is 2.39. The van der Waals surface area contributed by atoms with Crippen LogP contribution in [0.3, 0.4) is 0 Å². The highest BCUT2D eigenvalue weighted by molar-refractivity contribution is 8.00. The van der Waals surface area contributed by atoms with E-state index in [0.29, 0.717) is 0 Å². The van der Waals surface area contributed by atoms with Gasteiger partial charge in [-0.05, 0) is 65.5 Å². The van der Waals surface area contributed by atoms with Crippen molar-refractivity contribution in [2.45, 2.75) is 87.3 Å². The lowest BCUT2D eigenvalue weighted by molar-refractivity contribution is -0.132. The van der Waals surface area contributed by atoms with Crippen LogP contribution in [0, 0.1) is 0 Å². The molecule has 2 aliphatic heterocycles. The Bertz CT molecular complexity index is 689. The van der Waals surface area contributed by atoms with Crippen LogP contribution in [-0.2, 0) is 9.53 Å². The van der Waals surface area contributed by atoms with Crippen LogP contribution in [0.25, 0.3) is 0 Å². The van der Waals surface area contributed by atoms with Crippen molar-refractivity contribution in [3.8, 4) is 0 Å². The van der Waals surface area contributed by atoms with E-state index in [-0.39, 0.29) is 35.4 Å². The zero-order chi connectivity index (χ0) is 20.5. The van der Waals surface area contributed by atoms with Gasteiger partial charge in [-0.2, -0.15) is 0 Å². The lowest BCUT2D eigenvalue weighted by atomic mass is 9.96. The molecule has 0 spiro atoms. The number of amides is 2. The van der Waals surface area contributed by atoms with Crippen LogP contribution >= 0.6 is 11.8 Å². The van der Waals surface area contributed by atoms with E-state index in [9.17, 15) is 9.59 Å². The number of nitrogens with zero attached hydrogens (tertiary/aromatic N) is 2. The van der Waals surface area contributed by atoms with E-state index in [0.717, 1.165) is 30.6 Å². The molecule has 0 N–H and O–H groups in total. The van der Waals surface area contributed by atoms with E-state index in [2.05, 4.69) is 0 Å². The molecule has 6 heteroatoms. The molecule has 0 radical (unpaired) electrons. The predicted octanol–water partition coefficient (Wildman–Crippen LogP) is 4.56. The van der Waals surface area contributed by atoms with E-state index >= 15 is 0 Å². The molecule has 3 rings (SSSR count). The summed E-state index contributed by atoms with van der Waals surface area (Å²) in [5, 5.41) is -0.131. The summed E-state index contributed by atoms with van der Waals surface area (Å²) >= 11 is 1.60. The molecule has 2 saturated heterocycles. The maximum absolute atomic E-state index is 13.0. The van der Waals surface area contributed by atoms with Crippen molar-refractivity contribution >= 4 is 23.8 Å². The first kappa shape index (κ1) is 21.0. The molecule has 4 atom stereocenters. The Labute approximate surface area is 172 Å². The van der Waals surface area contributed by atoms with Gasteiger partial charge in [-0.1, -0.05) is 18.2 Å². The van der Waals surface area contributed by atoms with Gasteiger partial charge in [-0.25, -0.2) is 4.79 Å². The Balaban J connectivity index is 1.60. The van der Waals surface area contributed by atoms with Crippen LogP contribution in [-0.4, -0.2) is 57.8 Å². The quantitative estimate of drug-likeness (QED) is 0.691. The van der Waals surface area contributed by atoms with Crippen molar-refractivity contribution in [2.24, 2.45) is 0 Å². The van der Waals surface area contributed by atoms with Crippen molar-refractivity contribution in [3.05, 3.63) is 30.3 Å². The average molecular weight is 405 g/mol. The normalized spacial score (nSPS) is 25.3. The first-order valence-corrected chi connectivity index (χ1v) is 11.0. The zero-order valence-corrected chi connectivity index (χ0v) is 18.4. The molecule has 5 nitrogen and oxygen atoms in total. The SMILES string of the molecule is C[C@H](Sc1ccccc1)C(=O)N(C)C1C[C@H]2CC[C@@H](C1)N2C(=O)OC(C)(C)C. The van der Waals surface area contributed by atoms with Crippen LogP contribution in [0.2, 0.25) is 0 Å². The molecule has 2 fully saturated rings. The fourth-order valence-corrected chi connectivity index (χ4v) is 5.29. The van der Waals surface area contributed by atoms with Gasteiger partial charge in [-0.3, -0.25) is 4.79 Å². The molecule has 0 saturated carbocycles. The molecular weight excluding hydrogens is 372 g/mol. The second-order valence-corrected chi connectivity index (χ2v) is 10.3. The molecule has 1 unspecified atom stereocenters. The molecule has 0 aromatic heterocycles. The second kappa shape index (κ2) is 8.36. The maximum atomic E-state index is 13.0. The molecule has 2 heterocycles. The van der Waals surface area contributed by atoms with Crippen molar-refractivity contribution in [2.75, 3.05) is 7.05 Å². The van der Waals surface area contributed by atoms with Crippen molar-refractivity contribution in [1.29, 1.82) is 0 Å². The molecule has 1 aromatic rings. The van der Waals surface area contributed by atoms with Gasteiger partial charge in [0.25, 0.3) is 0 Å². The molecule has 2 bridgehead atoms. The number of hydrogen-bond donors (Lipinski definition) is 0. The molecule has 2 amide bonds. The zero-order valence-electron chi connectivity index (χ0n) is 17.6. The van der Waals surface area contributed by atoms with Crippen LogP contribution in [0.5, 0.6) is 0 Å². The summed E-state index contributed by atoms with van der Waals surface area (Å²) in [5.41, 5.74) is -0.482. The number of piperidine rings is 1. The Kier molecular flexibility index (Phi) is 6.28. The number of carbonyl (C=O) groups is 2. The van der Waals surface area contributed by atoms with Gasteiger partial charge >= 0.3 is 6.09 Å². The Morgan fingerprint density at radius 1 is 1.14 bits per heavy atom. The number of fused-ring (bicyclic) bond motifs is 2. The van der Waals surface area contributed by atoms with Crippen LogP contribution in [0.4, 0.5) is 4.79 Å².